The molecule has 0 radical (unpaired) electrons. The third kappa shape index (κ3) is 2.96. The zero-order valence-corrected chi connectivity index (χ0v) is 11.6. The van der Waals surface area contributed by atoms with E-state index in [1.165, 1.54) is 25.7 Å². The van der Waals surface area contributed by atoms with E-state index in [0.717, 1.165) is 5.69 Å². The molecule has 4 heteroatoms. The molecule has 1 fully saturated rings. The Balaban J connectivity index is 2.25. The predicted octanol–water partition coefficient (Wildman–Crippen LogP) is 3.40. The van der Waals surface area contributed by atoms with Gasteiger partial charge in [-0.15, -0.1) is 0 Å². The van der Waals surface area contributed by atoms with E-state index in [0.29, 0.717) is 16.6 Å². The van der Waals surface area contributed by atoms with Crippen LogP contribution in [0.4, 0.5) is 5.69 Å². The summed E-state index contributed by atoms with van der Waals surface area (Å²) in [6.07, 6.45) is 4.86. The SMILES string of the molecule is CN(C)C(=O)c1ccc(Cl)cc1NC1CCCC1. The number of halogens is 1. The van der Waals surface area contributed by atoms with Crippen LogP contribution in [0.5, 0.6) is 0 Å². The molecule has 0 heterocycles. The average Bonchev–Trinajstić information content (AvgIpc) is 2.81. The van der Waals surface area contributed by atoms with Gasteiger partial charge < -0.3 is 10.2 Å². The van der Waals surface area contributed by atoms with Crippen molar-refractivity contribution in [3.8, 4) is 0 Å². The molecule has 0 aliphatic heterocycles. The average molecular weight is 267 g/mol. The first-order chi connectivity index (χ1) is 8.58. The summed E-state index contributed by atoms with van der Waals surface area (Å²) in [5, 5.41) is 4.11. The lowest BCUT2D eigenvalue weighted by Gasteiger charge is -2.19. The van der Waals surface area contributed by atoms with Gasteiger partial charge in [0, 0.05) is 30.8 Å². The Kier molecular flexibility index (Phi) is 4.12. The zero-order valence-electron chi connectivity index (χ0n) is 10.9. The van der Waals surface area contributed by atoms with Crippen molar-refractivity contribution in [3.63, 3.8) is 0 Å². The van der Waals surface area contributed by atoms with Crippen molar-refractivity contribution in [1.82, 2.24) is 4.90 Å². The minimum absolute atomic E-state index is 0.00663. The van der Waals surface area contributed by atoms with E-state index >= 15 is 0 Å². The highest BCUT2D eigenvalue weighted by Crippen LogP contribution is 2.27. The third-order valence-electron chi connectivity index (χ3n) is 3.33. The first-order valence-corrected chi connectivity index (χ1v) is 6.73. The Morgan fingerprint density at radius 3 is 2.61 bits per heavy atom. The molecule has 0 unspecified atom stereocenters. The molecule has 1 N–H and O–H groups in total. The largest absolute Gasteiger partial charge is 0.382 e. The topological polar surface area (TPSA) is 32.3 Å². The van der Waals surface area contributed by atoms with Crippen LogP contribution in [0.25, 0.3) is 0 Å². The van der Waals surface area contributed by atoms with Gasteiger partial charge in [0.1, 0.15) is 0 Å². The van der Waals surface area contributed by atoms with Crippen LogP contribution in [-0.2, 0) is 0 Å². The highest BCUT2D eigenvalue weighted by Gasteiger charge is 2.19. The number of nitrogens with zero attached hydrogens (tertiary/aromatic N) is 1. The summed E-state index contributed by atoms with van der Waals surface area (Å²) < 4.78 is 0. The molecule has 1 aliphatic carbocycles. The Bertz CT molecular complexity index is 439. The van der Waals surface area contributed by atoms with E-state index in [2.05, 4.69) is 5.32 Å². The van der Waals surface area contributed by atoms with Crippen molar-refractivity contribution in [3.05, 3.63) is 28.8 Å². The molecule has 1 aromatic rings. The van der Waals surface area contributed by atoms with Crippen LogP contribution < -0.4 is 5.32 Å². The molecule has 18 heavy (non-hydrogen) atoms. The lowest BCUT2D eigenvalue weighted by atomic mass is 10.1. The molecule has 1 aromatic carbocycles. The number of hydrogen-bond donors (Lipinski definition) is 1. The lowest BCUT2D eigenvalue weighted by Crippen LogP contribution is -2.24. The molecule has 0 bridgehead atoms. The molecule has 0 aromatic heterocycles. The standard InChI is InChI=1S/C14H19ClN2O/c1-17(2)14(18)12-8-7-10(15)9-13(12)16-11-5-3-4-6-11/h7-9,11,16H,3-6H2,1-2H3. The van der Waals surface area contributed by atoms with Crippen LogP contribution in [0.1, 0.15) is 36.0 Å². The van der Waals surface area contributed by atoms with Crippen LogP contribution in [0.2, 0.25) is 5.02 Å². The number of carbonyl (C=O) groups excluding carboxylic acids is 1. The lowest BCUT2D eigenvalue weighted by molar-refractivity contribution is 0.0828. The van der Waals surface area contributed by atoms with Gasteiger partial charge in [0.15, 0.2) is 0 Å². The fraction of sp³-hybridized carbons (Fsp3) is 0.500. The van der Waals surface area contributed by atoms with E-state index in [4.69, 9.17) is 11.6 Å². The van der Waals surface area contributed by atoms with Crippen molar-refractivity contribution in [1.29, 1.82) is 0 Å². The van der Waals surface area contributed by atoms with Crippen molar-refractivity contribution in [2.45, 2.75) is 31.7 Å². The Morgan fingerprint density at radius 1 is 1.33 bits per heavy atom. The van der Waals surface area contributed by atoms with E-state index in [9.17, 15) is 4.79 Å². The van der Waals surface area contributed by atoms with Crippen LogP contribution in [-0.4, -0.2) is 30.9 Å². The molecule has 1 saturated carbocycles. The Labute approximate surface area is 113 Å². The van der Waals surface area contributed by atoms with Gasteiger partial charge in [0.25, 0.3) is 5.91 Å². The molecule has 1 aliphatic rings. The van der Waals surface area contributed by atoms with Crippen molar-refractivity contribution in [2.24, 2.45) is 0 Å². The van der Waals surface area contributed by atoms with Crippen LogP contribution in [0.15, 0.2) is 18.2 Å². The zero-order chi connectivity index (χ0) is 13.1. The van der Waals surface area contributed by atoms with Gasteiger partial charge in [-0.3, -0.25) is 4.79 Å². The van der Waals surface area contributed by atoms with Crippen LogP contribution in [0.3, 0.4) is 0 Å². The molecule has 98 valence electrons. The number of rotatable bonds is 3. The summed E-state index contributed by atoms with van der Waals surface area (Å²) in [5.74, 6) is 0.00663. The first-order valence-electron chi connectivity index (χ1n) is 6.35. The number of carbonyl (C=O) groups is 1. The summed E-state index contributed by atoms with van der Waals surface area (Å²) in [6, 6.07) is 5.87. The van der Waals surface area contributed by atoms with E-state index in [1.54, 1.807) is 31.1 Å². The summed E-state index contributed by atoms with van der Waals surface area (Å²) in [5.41, 5.74) is 1.55. The minimum Gasteiger partial charge on any atom is -0.382 e. The maximum atomic E-state index is 12.1. The van der Waals surface area contributed by atoms with Gasteiger partial charge in [-0.25, -0.2) is 0 Å². The number of benzene rings is 1. The van der Waals surface area contributed by atoms with Gasteiger partial charge >= 0.3 is 0 Å². The van der Waals surface area contributed by atoms with Crippen molar-refractivity contribution in [2.75, 3.05) is 19.4 Å². The molecule has 1 amide bonds. The molecule has 0 atom stereocenters. The van der Waals surface area contributed by atoms with Gasteiger partial charge in [-0.2, -0.15) is 0 Å². The van der Waals surface area contributed by atoms with Crippen LogP contribution in [0, 0.1) is 0 Å². The van der Waals surface area contributed by atoms with Gasteiger partial charge in [0.2, 0.25) is 0 Å². The van der Waals surface area contributed by atoms with Crippen molar-refractivity contribution < 1.29 is 4.79 Å². The number of hydrogen-bond acceptors (Lipinski definition) is 2. The number of amides is 1. The molecular formula is C14H19ClN2O. The molecule has 0 saturated heterocycles. The minimum atomic E-state index is 0.00663. The highest BCUT2D eigenvalue weighted by molar-refractivity contribution is 6.31. The maximum Gasteiger partial charge on any atom is 0.255 e. The van der Waals surface area contributed by atoms with Gasteiger partial charge in [-0.05, 0) is 31.0 Å². The Hall–Kier alpha value is -1.22. The van der Waals surface area contributed by atoms with Gasteiger partial charge in [0.05, 0.1) is 5.56 Å². The Morgan fingerprint density at radius 2 is 2.00 bits per heavy atom. The number of anilines is 1. The second-order valence-corrected chi connectivity index (χ2v) is 5.45. The second kappa shape index (κ2) is 5.61. The third-order valence-corrected chi connectivity index (χ3v) is 3.57. The smallest absolute Gasteiger partial charge is 0.255 e. The maximum absolute atomic E-state index is 12.1. The summed E-state index contributed by atoms with van der Waals surface area (Å²) >= 11 is 6.02. The number of nitrogens with one attached hydrogen (secondary N) is 1. The fourth-order valence-electron chi connectivity index (χ4n) is 2.35. The normalized spacial score (nSPS) is 15.7. The first kappa shape index (κ1) is 13.2. The molecule has 0 spiro atoms. The van der Waals surface area contributed by atoms with Gasteiger partial charge in [-0.1, -0.05) is 24.4 Å². The monoisotopic (exact) mass is 266 g/mol. The quantitative estimate of drug-likeness (QED) is 0.909. The van der Waals surface area contributed by atoms with E-state index < -0.39 is 0 Å². The van der Waals surface area contributed by atoms with Crippen LogP contribution >= 0.6 is 11.6 Å². The summed E-state index contributed by atoms with van der Waals surface area (Å²) in [7, 11) is 3.52. The molecule has 3 nitrogen and oxygen atoms in total. The van der Waals surface area contributed by atoms with E-state index in [1.807, 2.05) is 6.07 Å². The molecular weight excluding hydrogens is 248 g/mol. The fourth-order valence-corrected chi connectivity index (χ4v) is 2.53. The molecule has 2 rings (SSSR count). The van der Waals surface area contributed by atoms with E-state index in [-0.39, 0.29) is 5.91 Å². The second-order valence-electron chi connectivity index (χ2n) is 5.02. The summed E-state index contributed by atoms with van der Waals surface area (Å²) in [6.45, 7) is 0. The van der Waals surface area contributed by atoms with Crippen molar-refractivity contribution >= 4 is 23.2 Å². The predicted molar refractivity (Wildman–Crippen MR) is 75.3 cm³/mol. The summed E-state index contributed by atoms with van der Waals surface area (Å²) in [4.78, 5) is 13.7. The highest BCUT2D eigenvalue weighted by atomic mass is 35.5.